The number of alkyl halides is 1. The summed E-state index contributed by atoms with van der Waals surface area (Å²) in [6, 6.07) is 0. The van der Waals surface area contributed by atoms with E-state index in [9.17, 15) is 9.59 Å². The Balaban J connectivity index is 2.06. The van der Waals surface area contributed by atoms with Gasteiger partial charge in [0.25, 0.3) is 0 Å². The van der Waals surface area contributed by atoms with E-state index in [0.717, 1.165) is 12.8 Å². The Labute approximate surface area is 106 Å². The molecular weight excluding hydrogens is 240 g/mol. The summed E-state index contributed by atoms with van der Waals surface area (Å²) in [6.07, 6.45) is 9.44. The zero-order valence-electron chi connectivity index (χ0n) is 9.78. The first-order valence-corrected chi connectivity index (χ1v) is 6.67. The fourth-order valence-corrected chi connectivity index (χ4v) is 2.88. The zero-order chi connectivity index (χ0) is 12.3. The third-order valence-corrected chi connectivity index (χ3v) is 3.96. The molecule has 3 nitrogen and oxygen atoms in total. The van der Waals surface area contributed by atoms with E-state index in [2.05, 4.69) is 0 Å². The number of ether oxygens (including phenoxy) is 1. The normalized spacial score (nSPS) is 27.1. The molecule has 0 heterocycles. The molecule has 94 valence electrons. The van der Waals surface area contributed by atoms with Gasteiger partial charge in [-0.2, -0.15) is 0 Å². The second-order valence-electron chi connectivity index (χ2n) is 4.97. The molecule has 0 radical (unpaired) electrons. The highest BCUT2D eigenvalue weighted by Crippen LogP contribution is 2.44. The Hall–Kier alpha value is -0.830. The van der Waals surface area contributed by atoms with Crippen LogP contribution >= 0.6 is 11.6 Å². The quantitative estimate of drug-likeness (QED) is 0.563. The van der Waals surface area contributed by atoms with Gasteiger partial charge >= 0.3 is 5.97 Å². The van der Waals surface area contributed by atoms with Crippen molar-refractivity contribution in [2.45, 2.75) is 44.6 Å². The van der Waals surface area contributed by atoms with Crippen LogP contribution < -0.4 is 0 Å². The lowest BCUT2D eigenvalue weighted by Gasteiger charge is -2.38. The third kappa shape index (κ3) is 2.89. The molecule has 1 spiro atoms. The fraction of sp³-hybridized carbons (Fsp3) is 0.692. The Bertz CT molecular complexity index is 343. The maximum atomic E-state index is 11.7. The molecule has 2 rings (SSSR count). The van der Waals surface area contributed by atoms with Gasteiger partial charge < -0.3 is 4.74 Å². The molecule has 17 heavy (non-hydrogen) atoms. The highest BCUT2D eigenvalue weighted by Gasteiger charge is 2.38. The molecule has 0 saturated heterocycles. The summed E-state index contributed by atoms with van der Waals surface area (Å²) in [5.74, 6) is -0.813. The topological polar surface area (TPSA) is 43.4 Å². The maximum absolute atomic E-state index is 11.7. The molecular formula is C13H17ClO3. The van der Waals surface area contributed by atoms with Crippen molar-refractivity contribution in [2.75, 3.05) is 5.88 Å². The molecule has 4 heteroatoms. The van der Waals surface area contributed by atoms with Crippen molar-refractivity contribution in [1.82, 2.24) is 0 Å². The number of carbonyl (C=O) groups excluding carboxylic acids is 2. The van der Waals surface area contributed by atoms with Crippen molar-refractivity contribution in [1.29, 1.82) is 0 Å². The Kier molecular flexibility index (Phi) is 3.87. The van der Waals surface area contributed by atoms with Crippen LogP contribution in [0.5, 0.6) is 0 Å². The van der Waals surface area contributed by atoms with Gasteiger partial charge in [-0.1, -0.05) is 25.3 Å². The number of carbonyl (C=O) groups is 2. The molecule has 0 aliphatic heterocycles. The summed E-state index contributed by atoms with van der Waals surface area (Å²) >= 11 is 5.39. The van der Waals surface area contributed by atoms with Gasteiger partial charge in [0.1, 0.15) is 5.88 Å². The minimum Gasteiger partial charge on any atom is -0.453 e. The molecule has 1 unspecified atom stereocenters. The minimum absolute atomic E-state index is 0.0728. The number of hydrogen-bond donors (Lipinski definition) is 0. The van der Waals surface area contributed by atoms with Gasteiger partial charge in [0.15, 0.2) is 11.9 Å². The number of ketones is 1. The van der Waals surface area contributed by atoms with Crippen LogP contribution in [0.1, 0.15) is 38.5 Å². The highest BCUT2D eigenvalue weighted by atomic mass is 35.5. The number of allylic oxidation sites excluding steroid dienone is 1. The van der Waals surface area contributed by atoms with E-state index in [0.29, 0.717) is 6.42 Å². The van der Waals surface area contributed by atoms with Crippen LogP contribution in [0.2, 0.25) is 0 Å². The van der Waals surface area contributed by atoms with Gasteiger partial charge in [0.2, 0.25) is 0 Å². The summed E-state index contributed by atoms with van der Waals surface area (Å²) in [7, 11) is 0. The average molecular weight is 257 g/mol. The van der Waals surface area contributed by atoms with Gasteiger partial charge in [-0.3, -0.25) is 9.59 Å². The van der Waals surface area contributed by atoms with E-state index in [1.165, 1.54) is 19.3 Å². The van der Waals surface area contributed by atoms with Crippen LogP contribution in [0, 0.1) is 5.41 Å². The molecule has 2 aliphatic carbocycles. The molecule has 0 aromatic carbocycles. The summed E-state index contributed by atoms with van der Waals surface area (Å²) in [6.45, 7) is 0. The van der Waals surface area contributed by atoms with E-state index in [4.69, 9.17) is 16.3 Å². The Morgan fingerprint density at radius 2 is 2.12 bits per heavy atom. The van der Waals surface area contributed by atoms with Crippen LogP contribution in [0.4, 0.5) is 0 Å². The Morgan fingerprint density at radius 3 is 2.76 bits per heavy atom. The first-order chi connectivity index (χ1) is 8.15. The third-order valence-electron chi connectivity index (χ3n) is 3.74. The van der Waals surface area contributed by atoms with Crippen LogP contribution in [0.25, 0.3) is 0 Å². The Morgan fingerprint density at radius 1 is 1.41 bits per heavy atom. The van der Waals surface area contributed by atoms with E-state index < -0.39 is 12.1 Å². The number of halogens is 1. The molecule has 0 aromatic rings. The van der Waals surface area contributed by atoms with Crippen molar-refractivity contribution in [3.05, 3.63) is 12.2 Å². The van der Waals surface area contributed by atoms with E-state index >= 15 is 0 Å². The molecule has 1 fully saturated rings. The summed E-state index contributed by atoms with van der Waals surface area (Å²) < 4.78 is 5.11. The van der Waals surface area contributed by atoms with Crippen LogP contribution in [0.3, 0.4) is 0 Å². The summed E-state index contributed by atoms with van der Waals surface area (Å²) in [5, 5.41) is 0. The van der Waals surface area contributed by atoms with Gasteiger partial charge in [0, 0.05) is 6.42 Å². The first kappa shape index (κ1) is 12.6. The highest BCUT2D eigenvalue weighted by molar-refractivity contribution is 6.26. The predicted octanol–water partition coefficient (Wildman–Crippen LogP) is 2.62. The second-order valence-corrected chi connectivity index (χ2v) is 5.24. The van der Waals surface area contributed by atoms with E-state index in [1.54, 1.807) is 6.08 Å². The average Bonchev–Trinajstić information content (AvgIpc) is 2.35. The summed E-state index contributed by atoms with van der Waals surface area (Å²) in [5.41, 5.74) is 0.0728. The van der Waals surface area contributed by atoms with Gasteiger partial charge in [-0.05, 0) is 24.3 Å². The fourth-order valence-electron chi connectivity index (χ4n) is 2.82. The standard InChI is InChI=1S/C13H17ClO3/c14-9-12(16)17-11-8-13(7-4-10(11)15)5-2-1-3-6-13/h4,7,11H,1-3,5-6,8-9H2. The van der Waals surface area contributed by atoms with Crippen LogP contribution in [-0.4, -0.2) is 23.7 Å². The largest absolute Gasteiger partial charge is 0.453 e. The van der Waals surface area contributed by atoms with Gasteiger partial charge in [0.05, 0.1) is 0 Å². The summed E-state index contributed by atoms with van der Waals surface area (Å²) in [4.78, 5) is 22.8. The van der Waals surface area contributed by atoms with Gasteiger partial charge in [-0.15, -0.1) is 11.6 Å². The maximum Gasteiger partial charge on any atom is 0.321 e. The lowest BCUT2D eigenvalue weighted by atomic mass is 9.68. The second kappa shape index (κ2) is 5.21. The predicted molar refractivity (Wildman–Crippen MR) is 64.9 cm³/mol. The monoisotopic (exact) mass is 256 g/mol. The molecule has 0 amide bonds. The van der Waals surface area contributed by atoms with Crippen molar-refractivity contribution in [3.8, 4) is 0 Å². The lowest BCUT2D eigenvalue weighted by molar-refractivity contribution is -0.153. The first-order valence-electron chi connectivity index (χ1n) is 6.14. The van der Waals surface area contributed by atoms with Crippen molar-refractivity contribution >= 4 is 23.4 Å². The lowest BCUT2D eigenvalue weighted by Crippen LogP contribution is -2.38. The molecule has 1 saturated carbocycles. The van der Waals surface area contributed by atoms with Crippen molar-refractivity contribution in [3.63, 3.8) is 0 Å². The van der Waals surface area contributed by atoms with E-state index in [1.807, 2.05) is 6.08 Å². The molecule has 1 atom stereocenters. The van der Waals surface area contributed by atoms with Gasteiger partial charge in [-0.25, -0.2) is 0 Å². The zero-order valence-corrected chi connectivity index (χ0v) is 10.5. The van der Waals surface area contributed by atoms with Crippen LogP contribution in [-0.2, 0) is 14.3 Å². The van der Waals surface area contributed by atoms with Crippen LogP contribution in [0.15, 0.2) is 12.2 Å². The molecule has 0 aromatic heterocycles. The van der Waals surface area contributed by atoms with Crippen molar-refractivity contribution in [2.24, 2.45) is 5.41 Å². The molecule has 0 N–H and O–H groups in total. The number of hydrogen-bond acceptors (Lipinski definition) is 3. The SMILES string of the molecule is O=C(CCl)OC1CC2(C=CC1=O)CCCCC2. The smallest absolute Gasteiger partial charge is 0.321 e. The van der Waals surface area contributed by atoms with E-state index in [-0.39, 0.29) is 17.1 Å². The molecule has 0 bridgehead atoms. The number of rotatable bonds is 2. The molecule has 2 aliphatic rings. The minimum atomic E-state index is -0.621. The van der Waals surface area contributed by atoms with Crippen molar-refractivity contribution < 1.29 is 14.3 Å². The number of esters is 1.